The van der Waals surface area contributed by atoms with Gasteiger partial charge in [-0.05, 0) is 56.7 Å². The van der Waals surface area contributed by atoms with Crippen LogP contribution in [0.3, 0.4) is 0 Å². The first kappa shape index (κ1) is 27.5. The number of aryl methyl sites for hydroxylation is 1. The topological polar surface area (TPSA) is 79.3 Å². The van der Waals surface area contributed by atoms with Crippen LogP contribution in [-0.4, -0.2) is 39.2 Å². The van der Waals surface area contributed by atoms with Crippen molar-refractivity contribution >= 4 is 58.2 Å². The van der Waals surface area contributed by atoms with Gasteiger partial charge in [-0.1, -0.05) is 71.2 Å². The van der Waals surface area contributed by atoms with E-state index in [1.807, 2.05) is 57.2 Å². The van der Waals surface area contributed by atoms with Gasteiger partial charge in [0.05, 0.1) is 21.4 Å². The molecule has 0 aliphatic carbocycles. The molecule has 3 amide bonds. The van der Waals surface area contributed by atoms with Gasteiger partial charge in [0, 0.05) is 28.4 Å². The molecule has 0 aliphatic rings. The van der Waals surface area contributed by atoms with Gasteiger partial charge in [-0.15, -0.1) is 0 Å². The van der Waals surface area contributed by atoms with Crippen LogP contribution in [0.2, 0.25) is 15.1 Å². The lowest BCUT2D eigenvalue weighted by atomic mass is 10.1. The summed E-state index contributed by atoms with van der Waals surface area (Å²) in [7, 11) is 0. The van der Waals surface area contributed by atoms with Crippen LogP contribution in [-0.2, 0) is 4.79 Å². The number of nitrogens with zero attached hydrogens (tertiary/aromatic N) is 3. The van der Waals surface area contributed by atoms with Gasteiger partial charge in [-0.2, -0.15) is 5.10 Å². The first-order valence-corrected chi connectivity index (χ1v) is 13.0. The van der Waals surface area contributed by atoms with Gasteiger partial charge in [-0.3, -0.25) is 4.79 Å². The number of aromatic nitrogens is 2. The van der Waals surface area contributed by atoms with E-state index < -0.39 is 11.9 Å². The number of carbonyl (C=O) groups is 2. The molecule has 0 aliphatic heterocycles. The highest BCUT2D eigenvalue weighted by Gasteiger charge is 2.22. The van der Waals surface area contributed by atoms with E-state index in [9.17, 15) is 9.59 Å². The minimum atomic E-state index is -0.418. The number of benzene rings is 3. The maximum Gasteiger partial charge on any atom is 0.322 e. The molecule has 0 bridgehead atoms. The van der Waals surface area contributed by atoms with Crippen LogP contribution in [0.5, 0.6) is 0 Å². The zero-order valence-corrected chi connectivity index (χ0v) is 23.3. The molecule has 2 N–H and O–H groups in total. The molecule has 4 aromatic rings. The number of carbonyl (C=O) groups excluding carboxylic acids is 2. The normalized spacial score (nSPS) is 10.9. The summed E-state index contributed by atoms with van der Waals surface area (Å²) in [5.74, 6) is 0.0262. The predicted octanol–water partition coefficient (Wildman–Crippen LogP) is 7.69. The zero-order valence-electron chi connectivity index (χ0n) is 21.0. The van der Waals surface area contributed by atoms with Crippen LogP contribution < -0.4 is 10.6 Å². The number of hydrogen-bond donors (Lipinski definition) is 2. The van der Waals surface area contributed by atoms with Crippen LogP contribution >= 0.6 is 34.8 Å². The number of urea groups is 1. The van der Waals surface area contributed by atoms with E-state index in [2.05, 4.69) is 15.7 Å². The van der Waals surface area contributed by atoms with Gasteiger partial charge in [0.15, 0.2) is 0 Å². The van der Waals surface area contributed by atoms with Crippen LogP contribution in [0.1, 0.15) is 19.4 Å². The third-order valence-corrected chi connectivity index (χ3v) is 6.96. The fraction of sp³-hybridized carbons (Fsp3) is 0.179. The van der Waals surface area contributed by atoms with Crippen molar-refractivity contribution in [2.45, 2.75) is 26.8 Å². The van der Waals surface area contributed by atoms with Gasteiger partial charge in [0.1, 0.15) is 12.4 Å². The van der Waals surface area contributed by atoms with Crippen LogP contribution in [0.15, 0.2) is 72.8 Å². The van der Waals surface area contributed by atoms with Crippen molar-refractivity contribution in [2.75, 3.05) is 17.2 Å². The van der Waals surface area contributed by atoms with E-state index in [0.29, 0.717) is 38.0 Å². The molecule has 4 rings (SSSR count). The Hall–Kier alpha value is -3.52. The predicted molar refractivity (Wildman–Crippen MR) is 155 cm³/mol. The van der Waals surface area contributed by atoms with Crippen LogP contribution in [0.25, 0.3) is 16.9 Å². The number of anilines is 2. The Morgan fingerprint density at radius 2 is 1.63 bits per heavy atom. The lowest BCUT2D eigenvalue weighted by molar-refractivity contribution is -0.117. The Balaban J connectivity index is 1.58. The third kappa shape index (κ3) is 6.48. The monoisotopic (exact) mass is 569 g/mol. The molecule has 38 heavy (non-hydrogen) atoms. The molecule has 0 unspecified atom stereocenters. The molecule has 0 saturated heterocycles. The van der Waals surface area contributed by atoms with Crippen molar-refractivity contribution in [3.8, 4) is 16.9 Å². The number of hydrogen-bond acceptors (Lipinski definition) is 3. The highest BCUT2D eigenvalue weighted by Crippen LogP contribution is 2.29. The van der Waals surface area contributed by atoms with Crippen molar-refractivity contribution in [1.82, 2.24) is 14.7 Å². The minimum absolute atomic E-state index is 0.184. The van der Waals surface area contributed by atoms with Crippen LogP contribution in [0.4, 0.5) is 16.3 Å². The lowest BCUT2D eigenvalue weighted by Gasteiger charge is -2.26. The fourth-order valence-corrected chi connectivity index (χ4v) is 4.20. The number of halogens is 3. The lowest BCUT2D eigenvalue weighted by Crippen LogP contribution is -2.44. The molecular weight excluding hydrogens is 545 g/mol. The molecule has 0 radical (unpaired) electrons. The largest absolute Gasteiger partial charge is 0.322 e. The van der Waals surface area contributed by atoms with Gasteiger partial charge < -0.3 is 15.5 Å². The second-order valence-electron chi connectivity index (χ2n) is 8.96. The Bertz CT molecular complexity index is 1470. The molecule has 10 heteroatoms. The number of amides is 3. The first-order valence-electron chi connectivity index (χ1n) is 11.9. The summed E-state index contributed by atoms with van der Waals surface area (Å²) >= 11 is 18.5. The second-order valence-corrected chi connectivity index (χ2v) is 10.2. The van der Waals surface area contributed by atoms with Gasteiger partial charge >= 0.3 is 6.03 Å². The molecule has 1 heterocycles. The molecule has 3 aromatic carbocycles. The highest BCUT2D eigenvalue weighted by atomic mass is 35.5. The summed E-state index contributed by atoms with van der Waals surface area (Å²) < 4.78 is 1.58. The van der Waals surface area contributed by atoms with E-state index in [1.165, 1.54) is 4.90 Å². The standard InChI is InChI=1S/C28H26Cl3N5O2/c1-17(2)35(28(38)32-20-10-9-18(3)23(30)13-20)16-27(37)33-26-15-25(19-7-5-4-6-8-19)34-36(26)21-11-12-22(29)24(31)14-21/h4-15,17H,16H2,1-3H3,(H,32,38)(H,33,37). The maximum atomic E-state index is 13.2. The van der Waals surface area contributed by atoms with E-state index in [-0.39, 0.29) is 12.6 Å². The summed E-state index contributed by atoms with van der Waals surface area (Å²) in [5.41, 5.74) is 3.59. The Labute approximate surface area is 236 Å². The SMILES string of the molecule is Cc1ccc(NC(=O)N(CC(=O)Nc2cc(-c3ccccc3)nn2-c2ccc(Cl)c(Cl)c2)C(C)C)cc1Cl. The van der Waals surface area contributed by atoms with Crippen molar-refractivity contribution in [2.24, 2.45) is 0 Å². The molecule has 7 nitrogen and oxygen atoms in total. The molecule has 1 aromatic heterocycles. The first-order chi connectivity index (χ1) is 18.1. The van der Waals surface area contributed by atoms with Gasteiger partial charge in [0.25, 0.3) is 0 Å². The van der Waals surface area contributed by atoms with Gasteiger partial charge in [-0.25, -0.2) is 9.48 Å². The maximum absolute atomic E-state index is 13.2. The van der Waals surface area contributed by atoms with E-state index in [1.54, 1.807) is 41.1 Å². The second kappa shape index (κ2) is 11.9. The van der Waals surface area contributed by atoms with E-state index in [4.69, 9.17) is 34.8 Å². The third-order valence-electron chi connectivity index (χ3n) is 5.82. The molecule has 0 saturated carbocycles. The Kier molecular flexibility index (Phi) is 8.62. The zero-order chi connectivity index (χ0) is 27.4. The van der Waals surface area contributed by atoms with Crippen LogP contribution in [0, 0.1) is 6.92 Å². The molecule has 0 fully saturated rings. The summed E-state index contributed by atoms with van der Waals surface area (Å²) in [6.45, 7) is 5.37. The summed E-state index contributed by atoms with van der Waals surface area (Å²) in [6.07, 6.45) is 0. The number of rotatable bonds is 7. The molecule has 0 spiro atoms. The van der Waals surface area contributed by atoms with E-state index >= 15 is 0 Å². The summed E-state index contributed by atoms with van der Waals surface area (Å²) in [5, 5.41) is 11.7. The van der Waals surface area contributed by atoms with E-state index in [0.717, 1.165) is 11.1 Å². The average Bonchev–Trinajstić information content (AvgIpc) is 3.30. The summed E-state index contributed by atoms with van der Waals surface area (Å²) in [4.78, 5) is 27.7. The van der Waals surface area contributed by atoms with Crippen molar-refractivity contribution in [3.05, 3.63) is 93.4 Å². The van der Waals surface area contributed by atoms with Crippen molar-refractivity contribution < 1.29 is 9.59 Å². The van der Waals surface area contributed by atoms with Crippen molar-refractivity contribution in [1.29, 1.82) is 0 Å². The highest BCUT2D eigenvalue weighted by molar-refractivity contribution is 6.42. The quantitative estimate of drug-likeness (QED) is 0.239. The fourth-order valence-electron chi connectivity index (χ4n) is 3.73. The summed E-state index contributed by atoms with van der Waals surface area (Å²) in [6, 6.07) is 21.0. The molecule has 196 valence electrons. The smallest absolute Gasteiger partial charge is 0.313 e. The molecular formula is C28H26Cl3N5O2. The number of nitrogens with one attached hydrogen (secondary N) is 2. The molecule has 0 atom stereocenters. The van der Waals surface area contributed by atoms with Crippen molar-refractivity contribution in [3.63, 3.8) is 0 Å². The van der Waals surface area contributed by atoms with Gasteiger partial charge in [0.2, 0.25) is 5.91 Å². The Morgan fingerprint density at radius 3 is 2.29 bits per heavy atom. The average molecular weight is 571 g/mol. The minimum Gasteiger partial charge on any atom is -0.313 e. The Morgan fingerprint density at radius 1 is 0.895 bits per heavy atom.